The summed E-state index contributed by atoms with van der Waals surface area (Å²) in [5.74, 6) is 1.04. The molecule has 0 spiro atoms. The lowest BCUT2D eigenvalue weighted by Gasteiger charge is -2.04. The summed E-state index contributed by atoms with van der Waals surface area (Å²) in [5, 5.41) is 3.81. The fourth-order valence-corrected chi connectivity index (χ4v) is 1.45. The Kier molecular flexibility index (Phi) is 2.73. The van der Waals surface area contributed by atoms with Crippen LogP contribution in [0.15, 0.2) is 28.8 Å². The summed E-state index contributed by atoms with van der Waals surface area (Å²) in [5.41, 5.74) is 2.20. The molecule has 1 aromatic carbocycles. The second kappa shape index (κ2) is 4.03. The molecule has 4 heteroatoms. The molecule has 0 atom stereocenters. The molecular weight excluding hydrogens is 212 g/mol. The fraction of sp³-hybridized carbons (Fsp3) is 0.273. The van der Waals surface area contributed by atoms with E-state index >= 15 is 0 Å². The van der Waals surface area contributed by atoms with Crippen molar-refractivity contribution in [2.75, 3.05) is 0 Å². The Labute approximate surface area is 93.1 Å². The van der Waals surface area contributed by atoms with Gasteiger partial charge in [-0.15, -0.1) is 0 Å². The smallest absolute Gasteiger partial charge is 0.320 e. The van der Waals surface area contributed by atoms with Crippen molar-refractivity contribution in [1.29, 1.82) is 0 Å². The number of hydrogen-bond donors (Lipinski definition) is 0. The van der Waals surface area contributed by atoms with E-state index in [1.54, 1.807) is 0 Å². The van der Waals surface area contributed by atoms with E-state index in [-0.39, 0.29) is 5.35 Å². The Bertz CT molecular complexity index is 448. The lowest BCUT2D eigenvalue weighted by molar-refractivity contribution is 0.421. The highest BCUT2D eigenvalue weighted by molar-refractivity contribution is 6.27. The number of nitrogens with zero attached hydrogens (tertiary/aromatic N) is 2. The van der Waals surface area contributed by atoms with Gasteiger partial charge >= 0.3 is 5.35 Å². The standard InChI is InChI=1S/C11H11ClN2O/c1-7(2)8-3-5-9(6-4-8)10-13-11(12)15-14-10/h3-7H,1-2H3. The van der Waals surface area contributed by atoms with Crippen molar-refractivity contribution in [3.8, 4) is 11.4 Å². The molecule has 0 aliphatic heterocycles. The summed E-state index contributed by atoms with van der Waals surface area (Å²) in [6, 6.07) is 8.06. The van der Waals surface area contributed by atoms with Crippen molar-refractivity contribution in [3.05, 3.63) is 35.2 Å². The van der Waals surface area contributed by atoms with Crippen LogP contribution in [0.5, 0.6) is 0 Å². The van der Waals surface area contributed by atoms with Crippen LogP contribution in [0.4, 0.5) is 0 Å². The van der Waals surface area contributed by atoms with Gasteiger partial charge in [0.25, 0.3) is 0 Å². The van der Waals surface area contributed by atoms with E-state index in [0.717, 1.165) is 5.56 Å². The maximum absolute atomic E-state index is 5.55. The van der Waals surface area contributed by atoms with Crippen LogP contribution in [0.3, 0.4) is 0 Å². The lowest BCUT2D eigenvalue weighted by atomic mass is 10.0. The van der Waals surface area contributed by atoms with Crippen LogP contribution in [0.1, 0.15) is 25.3 Å². The first-order valence-electron chi connectivity index (χ1n) is 4.76. The highest BCUT2D eigenvalue weighted by Gasteiger charge is 2.06. The average Bonchev–Trinajstić information content (AvgIpc) is 2.65. The predicted molar refractivity (Wildman–Crippen MR) is 58.8 cm³/mol. The first-order valence-corrected chi connectivity index (χ1v) is 5.14. The molecule has 0 amide bonds. The largest absolute Gasteiger partial charge is 0.321 e. The third kappa shape index (κ3) is 2.18. The first-order chi connectivity index (χ1) is 7.16. The molecule has 0 saturated heterocycles. The van der Waals surface area contributed by atoms with Crippen LogP contribution < -0.4 is 0 Å². The molecular formula is C11H11ClN2O. The molecule has 0 aliphatic rings. The molecule has 0 N–H and O–H groups in total. The summed E-state index contributed by atoms with van der Waals surface area (Å²) < 4.78 is 4.70. The van der Waals surface area contributed by atoms with E-state index in [1.807, 2.05) is 12.1 Å². The van der Waals surface area contributed by atoms with E-state index in [9.17, 15) is 0 Å². The van der Waals surface area contributed by atoms with Crippen LogP contribution in [-0.2, 0) is 0 Å². The minimum Gasteiger partial charge on any atom is -0.321 e. The van der Waals surface area contributed by atoms with Crippen molar-refractivity contribution in [3.63, 3.8) is 0 Å². The molecule has 3 nitrogen and oxygen atoms in total. The van der Waals surface area contributed by atoms with E-state index in [0.29, 0.717) is 11.7 Å². The summed E-state index contributed by atoms with van der Waals surface area (Å²) in [4.78, 5) is 3.94. The van der Waals surface area contributed by atoms with Gasteiger partial charge < -0.3 is 4.52 Å². The van der Waals surface area contributed by atoms with Crippen molar-refractivity contribution in [2.45, 2.75) is 19.8 Å². The van der Waals surface area contributed by atoms with Gasteiger partial charge in [-0.05, 0) is 23.1 Å². The maximum atomic E-state index is 5.55. The molecule has 0 unspecified atom stereocenters. The van der Waals surface area contributed by atoms with Gasteiger partial charge in [0.2, 0.25) is 5.82 Å². The first kappa shape index (κ1) is 10.2. The van der Waals surface area contributed by atoms with Crippen molar-refractivity contribution >= 4 is 11.6 Å². The molecule has 0 fully saturated rings. The number of benzene rings is 1. The monoisotopic (exact) mass is 222 g/mol. The third-order valence-corrected chi connectivity index (χ3v) is 2.39. The molecule has 1 aromatic heterocycles. The molecule has 0 bridgehead atoms. The van der Waals surface area contributed by atoms with Crippen molar-refractivity contribution in [1.82, 2.24) is 10.1 Å². The Hall–Kier alpha value is -1.35. The number of halogens is 1. The van der Waals surface area contributed by atoms with Crippen molar-refractivity contribution < 1.29 is 4.52 Å². The molecule has 2 rings (SSSR count). The number of hydrogen-bond acceptors (Lipinski definition) is 3. The topological polar surface area (TPSA) is 38.9 Å². The molecule has 78 valence electrons. The summed E-state index contributed by atoms with van der Waals surface area (Å²) in [7, 11) is 0. The fourth-order valence-electron chi connectivity index (χ4n) is 1.34. The van der Waals surface area contributed by atoms with E-state index in [4.69, 9.17) is 16.1 Å². The second-order valence-corrected chi connectivity index (χ2v) is 3.97. The van der Waals surface area contributed by atoms with Crippen LogP contribution in [-0.4, -0.2) is 10.1 Å². The Morgan fingerprint density at radius 1 is 1.20 bits per heavy atom. The molecule has 0 aliphatic carbocycles. The van der Waals surface area contributed by atoms with E-state index in [1.165, 1.54) is 5.56 Å². The highest BCUT2D eigenvalue weighted by Crippen LogP contribution is 2.21. The zero-order valence-electron chi connectivity index (χ0n) is 8.57. The van der Waals surface area contributed by atoms with Gasteiger partial charge in [0, 0.05) is 5.56 Å². The zero-order chi connectivity index (χ0) is 10.8. The number of rotatable bonds is 2. The van der Waals surface area contributed by atoms with Crippen LogP contribution in [0, 0.1) is 0 Å². The van der Waals surface area contributed by atoms with Crippen LogP contribution in [0.25, 0.3) is 11.4 Å². The predicted octanol–water partition coefficient (Wildman–Crippen LogP) is 3.51. The Morgan fingerprint density at radius 3 is 2.33 bits per heavy atom. The lowest BCUT2D eigenvalue weighted by Crippen LogP contribution is -1.87. The summed E-state index contributed by atoms with van der Waals surface area (Å²) >= 11 is 5.55. The highest BCUT2D eigenvalue weighted by atomic mass is 35.5. The van der Waals surface area contributed by atoms with Gasteiger partial charge in [-0.25, -0.2) is 0 Å². The summed E-state index contributed by atoms with van der Waals surface area (Å²) in [6.07, 6.45) is 0. The SMILES string of the molecule is CC(C)c1ccc(-c2noc(Cl)n2)cc1. The van der Waals surface area contributed by atoms with Gasteiger partial charge in [-0.2, -0.15) is 4.98 Å². The summed E-state index contributed by atoms with van der Waals surface area (Å²) in [6.45, 7) is 4.31. The minimum absolute atomic E-state index is 0.0675. The third-order valence-electron chi connectivity index (χ3n) is 2.24. The van der Waals surface area contributed by atoms with Gasteiger partial charge in [0.1, 0.15) is 0 Å². The normalized spacial score (nSPS) is 10.9. The van der Waals surface area contributed by atoms with Gasteiger partial charge in [0.15, 0.2) is 0 Å². The molecule has 0 radical (unpaired) electrons. The Morgan fingerprint density at radius 2 is 1.87 bits per heavy atom. The molecule has 15 heavy (non-hydrogen) atoms. The zero-order valence-corrected chi connectivity index (χ0v) is 9.32. The minimum atomic E-state index is 0.0675. The quantitative estimate of drug-likeness (QED) is 0.781. The maximum Gasteiger partial charge on any atom is 0.320 e. The van der Waals surface area contributed by atoms with Crippen LogP contribution in [0.2, 0.25) is 5.35 Å². The second-order valence-electron chi connectivity index (χ2n) is 3.65. The molecule has 2 aromatic rings. The van der Waals surface area contributed by atoms with Gasteiger partial charge in [-0.1, -0.05) is 43.3 Å². The van der Waals surface area contributed by atoms with Crippen LogP contribution >= 0.6 is 11.6 Å². The number of aromatic nitrogens is 2. The molecule has 1 heterocycles. The average molecular weight is 223 g/mol. The van der Waals surface area contributed by atoms with Gasteiger partial charge in [-0.3, -0.25) is 0 Å². The Balaban J connectivity index is 2.31. The van der Waals surface area contributed by atoms with E-state index < -0.39 is 0 Å². The van der Waals surface area contributed by atoms with Crippen molar-refractivity contribution in [2.24, 2.45) is 0 Å². The molecule has 0 saturated carbocycles. The van der Waals surface area contributed by atoms with E-state index in [2.05, 4.69) is 36.1 Å². The van der Waals surface area contributed by atoms with Gasteiger partial charge in [0.05, 0.1) is 0 Å².